The molecule has 1 aliphatic heterocycles. The molecule has 1 aromatic carbocycles. The number of pyridine rings is 1. The van der Waals surface area contributed by atoms with Gasteiger partial charge in [0.05, 0.1) is 17.7 Å². The summed E-state index contributed by atoms with van der Waals surface area (Å²) in [6.45, 7) is 4.01. The zero-order valence-electron chi connectivity index (χ0n) is 23.9. The monoisotopic (exact) mass is 562 g/mol. The van der Waals surface area contributed by atoms with Gasteiger partial charge in [-0.15, -0.1) is 0 Å². The maximum Gasteiger partial charge on any atom is 0.258 e. The van der Waals surface area contributed by atoms with Crippen LogP contribution in [0.1, 0.15) is 76.5 Å². The lowest BCUT2D eigenvalue weighted by Gasteiger charge is -2.36. The number of aromatic nitrogens is 1. The van der Waals surface area contributed by atoms with Crippen LogP contribution >= 0.6 is 0 Å². The van der Waals surface area contributed by atoms with E-state index in [9.17, 15) is 24.3 Å². The van der Waals surface area contributed by atoms with Gasteiger partial charge in [0, 0.05) is 24.5 Å². The zero-order chi connectivity index (χ0) is 29.4. The largest absolute Gasteiger partial charge is 0.548 e. The second-order valence-electron chi connectivity index (χ2n) is 11.1. The Hall–Kier alpha value is -3.79. The Morgan fingerprint density at radius 1 is 1.07 bits per heavy atom. The van der Waals surface area contributed by atoms with Gasteiger partial charge in [-0.1, -0.05) is 50.5 Å². The van der Waals surface area contributed by atoms with Crippen LogP contribution in [0.2, 0.25) is 0 Å². The lowest BCUT2D eigenvalue weighted by atomic mass is 9.83. The minimum Gasteiger partial charge on any atom is -0.548 e. The SMILES string of the molecule is CCc1ccc2cnc(/C=C/CC(=O)N[C@H](C(=O)N[C@@H](C)C(=O)N3CCC[C@@H](C(=O)[O-])N3)C3CCCCC3)cc2c1. The van der Waals surface area contributed by atoms with Crippen molar-refractivity contribution in [2.75, 3.05) is 6.54 Å². The second kappa shape index (κ2) is 14.2. The molecule has 2 aliphatic rings. The summed E-state index contributed by atoms with van der Waals surface area (Å²) in [5.41, 5.74) is 4.67. The van der Waals surface area contributed by atoms with Crippen molar-refractivity contribution >= 4 is 40.5 Å². The number of amides is 3. The van der Waals surface area contributed by atoms with E-state index in [0.29, 0.717) is 19.4 Å². The predicted molar refractivity (Wildman–Crippen MR) is 154 cm³/mol. The fraction of sp³-hybridized carbons (Fsp3) is 0.516. The van der Waals surface area contributed by atoms with Gasteiger partial charge in [-0.25, -0.2) is 5.43 Å². The summed E-state index contributed by atoms with van der Waals surface area (Å²) in [5.74, 6) is -2.42. The van der Waals surface area contributed by atoms with Crippen LogP contribution in [0.4, 0.5) is 0 Å². The molecule has 4 rings (SSSR count). The number of carbonyl (C=O) groups is 4. The molecule has 2 fully saturated rings. The number of aliphatic carboxylic acids is 1. The van der Waals surface area contributed by atoms with E-state index in [1.54, 1.807) is 19.1 Å². The van der Waals surface area contributed by atoms with Crippen LogP contribution in [0.3, 0.4) is 0 Å². The summed E-state index contributed by atoms with van der Waals surface area (Å²) in [6, 6.07) is 5.68. The standard InChI is InChI=1S/C31H41N5O5/c1-3-21-14-15-23-19-32-25(18-24(23)17-21)11-7-13-27(37)34-28(22-9-5-4-6-10-22)29(38)33-20(2)30(39)36-16-8-12-26(35-36)31(40)41/h7,11,14-15,17-20,22,26,28,35H,3-6,8-10,12-13,16H2,1-2H3,(H,33,38)(H,34,37)(H,40,41)/p-1/b11-7+/t20-,26-,28-/m0/s1. The minimum absolute atomic E-state index is 0.0236. The number of hydrogen-bond acceptors (Lipinski definition) is 7. The lowest BCUT2D eigenvalue weighted by Crippen LogP contribution is -2.62. The van der Waals surface area contributed by atoms with Gasteiger partial charge in [0.1, 0.15) is 12.1 Å². The number of rotatable bonds is 10. The Morgan fingerprint density at radius 2 is 1.85 bits per heavy atom. The Morgan fingerprint density at radius 3 is 2.59 bits per heavy atom. The number of aryl methyl sites for hydroxylation is 1. The Bertz CT molecular complexity index is 1290. The lowest BCUT2D eigenvalue weighted by molar-refractivity contribution is -0.310. The molecule has 1 saturated carbocycles. The molecular weight excluding hydrogens is 522 g/mol. The van der Waals surface area contributed by atoms with E-state index in [1.807, 2.05) is 12.3 Å². The molecule has 3 atom stereocenters. The number of nitrogens with one attached hydrogen (secondary N) is 3. The van der Waals surface area contributed by atoms with Gasteiger partial charge in [-0.3, -0.25) is 24.4 Å². The van der Waals surface area contributed by atoms with Crippen molar-refractivity contribution in [2.45, 2.75) is 89.8 Å². The fourth-order valence-electron chi connectivity index (χ4n) is 5.62. The maximum atomic E-state index is 13.4. The van der Waals surface area contributed by atoms with Crippen molar-refractivity contribution in [1.29, 1.82) is 0 Å². The van der Waals surface area contributed by atoms with E-state index in [-0.39, 0.29) is 18.2 Å². The summed E-state index contributed by atoms with van der Waals surface area (Å²) >= 11 is 0. The average Bonchev–Trinajstić information content (AvgIpc) is 2.99. The minimum atomic E-state index is -1.27. The third-order valence-electron chi connectivity index (χ3n) is 7.99. The number of carboxylic acid groups (broad SMARTS) is 1. The van der Waals surface area contributed by atoms with Gasteiger partial charge in [0.15, 0.2) is 0 Å². The average molecular weight is 563 g/mol. The molecule has 1 saturated heterocycles. The van der Waals surface area contributed by atoms with Crippen molar-refractivity contribution in [3.63, 3.8) is 0 Å². The van der Waals surface area contributed by atoms with Gasteiger partial charge < -0.3 is 20.5 Å². The van der Waals surface area contributed by atoms with Gasteiger partial charge in [0.2, 0.25) is 11.8 Å². The van der Waals surface area contributed by atoms with E-state index in [1.165, 1.54) is 10.6 Å². The summed E-state index contributed by atoms with van der Waals surface area (Å²) in [6.07, 6.45) is 12.0. The molecule has 0 spiro atoms. The number of fused-ring (bicyclic) bond motifs is 1. The number of hydrazine groups is 1. The van der Waals surface area contributed by atoms with E-state index < -0.39 is 35.9 Å². The highest BCUT2D eigenvalue weighted by Gasteiger charge is 2.34. The molecular formula is C31H40N5O5-. The molecule has 10 nitrogen and oxygen atoms in total. The molecule has 1 aromatic heterocycles. The van der Waals surface area contributed by atoms with Gasteiger partial charge in [-0.2, -0.15) is 0 Å². The molecule has 10 heteroatoms. The first-order valence-electron chi connectivity index (χ1n) is 14.7. The number of hydrogen-bond donors (Lipinski definition) is 3. The molecule has 3 N–H and O–H groups in total. The first-order valence-corrected chi connectivity index (χ1v) is 14.7. The highest BCUT2D eigenvalue weighted by atomic mass is 16.4. The first-order chi connectivity index (χ1) is 19.7. The van der Waals surface area contributed by atoms with E-state index >= 15 is 0 Å². The molecule has 1 aliphatic carbocycles. The maximum absolute atomic E-state index is 13.4. The van der Waals surface area contributed by atoms with E-state index in [2.05, 4.69) is 46.2 Å². The molecule has 220 valence electrons. The van der Waals surface area contributed by atoms with Crippen LogP contribution in [0.15, 0.2) is 36.5 Å². The molecule has 0 radical (unpaired) electrons. The quantitative estimate of drug-likeness (QED) is 0.402. The third kappa shape index (κ3) is 8.13. The van der Waals surface area contributed by atoms with Gasteiger partial charge in [-0.05, 0) is 68.0 Å². The van der Waals surface area contributed by atoms with Crippen molar-refractivity contribution in [2.24, 2.45) is 5.92 Å². The van der Waals surface area contributed by atoms with Crippen LogP contribution < -0.4 is 21.2 Å². The van der Waals surface area contributed by atoms with Crippen LogP contribution in [-0.4, -0.2) is 58.4 Å². The fourth-order valence-corrected chi connectivity index (χ4v) is 5.62. The summed E-state index contributed by atoms with van der Waals surface area (Å²) in [5, 5.41) is 20.3. The summed E-state index contributed by atoms with van der Waals surface area (Å²) in [4.78, 5) is 55.0. The summed E-state index contributed by atoms with van der Waals surface area (Å²) < 4.78 is 0. The predicted octanol–water partition coefficient (Wildman–Crippen LogP) is 2.02. The van der Waals surface area contributed by atoms with Crippen molar-refractivity contribution in [3.05, 3.63) is 47.8 Å². The van der Waals surface area contributed by atoms with Gasteiger partial charge in [0.25, 0.3) is 5.91 Å². The van der Waals surface area contributed by atoms with E-state index in [4.69, 9.17) is 0 Å². The zero-order valence-corrected chi connectivity index (χ0v) is 23.9. The molecule has 0 unspecified atom stereocenters. The topological polar surface area (TPSA) is 144 Å². The van der Waals surface area contributed by atoms with Crippen LogP contribution in [0.25, 0.3) is 16.8 Å². The van der Waals surface area contributed by atoms with Crippen molar-refractivity contribution < 1.29 is 24.3 Å². The highest BCUT2D eigenvalue weighted by Crippen LogP contribution is 2.27. The van der Waals surface area contributed by atoms with E-state index in [0.717, 1.165) is 55.0 Å². The normalized spacial score (nSPS) is 19.6. The van der Waals surface area contributed by atoms with Crippen LogP contribution in [-0.2, 0) is 25.6 Å². The molecule has 2 heterocycles. The third-order valence-corrected chi connectivity index (χ3v) is 7.99. The molecule has 41 heavy (non-hydrogen) atoms. The number of nitrogens with zero attached hydrogens (tertiary/aromatic N) is 2. The Labute approximate surface area is 240 Å². The van der Waals surface area contributed by atoms with Gasteiger partial charge >= 0.3 is 0 Å². The second-order valence-corrected chi connectivity index (χ2v) is 11.1. The number of carbonyl (C=O) groups excluding carboxylic acids is 4. The van der Waals surface area contributed by atoms with Crippen molar-refractivity contribution in [3.8, 4) is 0 Å². The number of carboxylic acids is 1. The molecule has 3 amide bonds. The van der Waals surface area contributed by atoms with Crippen LogP contribution in [0, 0.1) is 5.92 Å². The first kappa shape index (κ1) is 30.2. The Kier molecular flexibility index (Phi) is 10.5. The Balaban J connectivity index is 1.37. The summed E-state index contributed by atoms with van der Waals surface area (Å²) in [7, 11) is 0. The van der Waals surface area contributed by atoms with Crippen LogP contribution in [0.5, 0.6) is 0 Å². The molecule has 2 aromatic rings. The smallest absolute Gasteiger partial charge is 0.258 e. The number of benzene rings is 1. The molecule has 0 bridgehead atoms. The highest BCUT2D eigenvalue weighted by molar-refractivity contribution is 5.92. The van der Waals surface area contributed by atoms with Crippen molar-refractivity contribution in [1.82, 2.24) is 26.1 Å².